The van der Waals surface area contributed by atoms with E-state index in [-0.39, 0.29) is 18.3 Å². The molecule has 0 spiro atoms. The lowest BCUT2D eigenvalue weighted by Gasteiger charge is -2.18. The minimum atomic E-state index is -4.72. The molecule has 0 aliphatic carbocycles. The number of guanidine groups is 1. The number of rotatable bonds is 4. The van der Waals surface area contributed by atoms with Crippen LogP contribution < -0.4 is 15.8 Å². The van der Waals surface area contributed by atoms with Crippen LogP contribution in [0.3, 0.4) is 0 Å². The van der Waals surface area contributed by atoms with Crippen LogP contribution in [0, 0.1) is 0 Å². The number of hydrogen-bond acceptors (Lipinski definition) is 4. The van der Waals surface area contributed by atoms with Gasteiger partial charge in [0.25, 0.3) is 0 Å². The van der Waals surface area contributed by atoms with Crippen LogP contribution in [-0.4, -0.2) is 41.1 Å². The van der Waals surface area contributed by atoms with Crippen LogP contribution >= 0.6 is 11.8 Å². The van der Waals surface area contributed by atoms with Gasteiger partial charge in [0, 0.05) is 11.4 Å². The topological polar surface area (TPSA) is 79.9 Å². The Balaban J connectivity index is 1.89. The van der Waals surface area contributed by atoms with E-state index in [1.54, 1.807) is 11.8 Å². The summed E-state index contributed by atoms with van der Waals surface area (Å²) in [6.07, 6.45) is -4.05. The molecule has 9 heteroatoms. The first-order chi connectivity index (χ1) is 10.3. The lowest BCUT2D eigenvalue weighted by Crippen LogP contribution is -2.34. The van der Waals surface area contributed by atoms with Crippen LogP contribution in [0.25, 0.3) is 0 Å². The van der Waals surface area contributed by atoms with E-state index in [0.29, 0.717) is 17.9 Å². The van der Waals surface area contributed by atoms with Gasteiger partial charge in [-0.1, -0.05) is 0 Å². The Morgan fingerprint density at radius 3 is 2.64 bits per heavy atom. The molecule has 0 amide bonds. The highest BCUT2D eigenvalue weighted by molar-refractivity contribution is 7.99. The summed E-state index contributed by atoms with van der Waals surface area (Å²) in [5, 5.41) is 12.9. The van der Waals surface area contributed by atoms with Crippen LogP contribution in [0.1, 0.15) is 6.42 Å². The van der Waals surface area contributed by atoms with Crippen LogP contribution in [-0.2, 0) is 0 Å². The first-order valence-electron chi connectivity index (χ1n) is 6.49. The molecule has 1 fully saturated rings. The summed E-state index contributed by atoms with van der Waals surface area (Å²) in [6.45, 7) is 0.189. The molecule has 1 unspecified atom stereocenters. The highest BCUT2D eigenvalue weighted by Gasteiger charge is 2.32. The van der Waals surface area contributed by atoms with Crippen molar-refractivity contribution in [2.45, 2.75) is 18.4 Å². The highest BCUT2D eigenvalue weighted by Crippen LogP contribution is 2.28. The molecule has 0 radical (unpaired) electrons. The van der Waals surface area contributed by atoms with Crippen molar-refractivity contribution in [2.24, 2.45) is 10.7 Å². The molecule has 1 saturated heterocycles. The molecule has 0 saturated carbocycles. The van der Waals surface area contributed by atoms with Gasteiger partial charge in [0.2, 0.25) is 0 Å². The number of nitrogens with one attached hydrogen (secondary N) is 1. The Labute approximate surface area is 129 Å². The average molecular weight is 335 g/mol. The van der Waals surface area contributed by atoms with Gasteiger partial charge in [-0.2, -0.15) is 11.8 Å². The van der Waals surface area contributed by atoms with Crippen LogP contribution in [0.4, 0.5) is 18.9 Å². The second-order valence-electron chi connectivity index (χ2n) is 4.93. The van der Waals surface area contributed by atoms with Crippen LogP contribution in [0.15, 0.2) is 29.3 Å². The van der Waals surface area contributed by atoms with Crippen molar-refractivity contribution < 1.29 is 23.0 Å². The van der Waals surface area contributed by atoms with Crippen molar-refractivity contribution >= 4 is 23.4 Å². The molecule has 4 N–H and O–H groups in total. The lowest BCUT2D eigenvalue weighted by molar-refractivity contribution is -0.274. The third-order valence-corrected chi connectivity index (χ3v) is 4.22. The summed E-state index contributed by atoms with van der Waals surface area (Å²) < 4.78 is 39.9. The number of anilines is 1. The maximum atomic E-state index is 12.0. The molecular formula is C13H16F3N3O2S. The summed E-state index contributed by atoms with van der Waals surface area (Å²) in [5.74, 6) is 1.29. The molecule has 1 atom stereocenters. The minimum absolute atomic E-state index is 0.0924. The summed E-state index contributed by atoms with van der Waals surface area (Å²) in [7, 11) is 0. The first kappa shape index (κ1) is 16.8. The van der Waals surface area contributed by atoms with Crippen molar-refractivity contribution in [2.75, 3.05) is 23.4 Å². The highest BCUT2D eigenvalue weighted by atomic mass is 32.2. The Bertz CT molecular complexity index is 528. The first-order valence-corrected chi connectivity index (χ1v) is 7.64. The van der Waals surface area contributed by atoms with E-state index in [0.717, 1.165) is 5.75 Å². The molecule has 2 rings (SSSR count). The second kappa shape index (κ2) is 6.66. The number of benzene rings is 1. The quantitative estimate of drug-likeness (QED) is 0.580. The van der Waals surface area contributed by atoms with Gasteiger partial charge in [-0.3, -0.25) is 4.99 Å². The molecule has 122 valence electrons. The number of hydrogen-bond donors (Lipinski definition) is 3. The van der Waals surface area contributed by atoms with E-state index in [9.17, 15) is 18.3 Å². The zero-order chi connectivity index (χ0) is 16.2. The smallest absolute Gasteiger partial charge is 0.406 e. The third kappa shape index (κ3) is 5.30. The summed E-state index contributed by atoms with van der Waals surface area (Å²) in [4.78, 5) is 4.06. The van der Waals surface area contributed by atoms with Gasteiger partial charge in [-0.05, 0) is 36.4 Å². The van der Waals surface area contributed by atoms with Crippen molar-refractivity contribution in [3.05, 3.63) is 24.3 Å². The number of halogens is 3. The van der Waals surface area contributed by atoms with Gasteiger partial charge in [0.1, 0.15) is 5.75 Å². The predicted octanol–water partition coefficient (Wildman–Crippen LogP) is 2.18. The van der Waals surface area contributed by atoms with Crippen LogP contribution in [0.2, 0.25) is 0 Å². The van der Waals surface area contributed by atoms with Gasteiger partial charge in [-0.25, -0.2) is 0 Å². The van der Waals surface area contributed by atoms with E-state index < -0.39 is 12.0 Å². The number of ether oxygens (including phenoxy) is 1. The standard InChI is InChI=1S/C13H16F3N3O2S/c14-13(15,16)21-10-3-1-9(2-4-10)19-11(17)18-7-12(20)5-6-22-8-12/h1-4,20H,5-8H2,(H3,17,18,19). The molecular weight excluding hydrogens is 319 g/mol. The number of aliphatic imine (C=N–C) groups is 1. The minimum Gasteiger partial charge on any atom is -0.406 e. The Morgan fingerprint density at radius 2 is 2.09 bits per heavy atom. The zero-order valence-corrected chi connectivity index (χ0v) is 12.4. The SMILES string of the molecule is NC(=NCC1(O)CCSC1)Nc1ccc(OC(F)(F)F)cc1. The molecule has 22 heavy (non-hydrogen) atoms. The van der Waals surface area contributed by atoms with Crippen molar-refractivity contribution in [3.63, 3.8) is 0 Å². The molecule has 1 aliphatic heterocycles. The monoisotopic (exact) mass is 335 g/mol. The number of alkyl halides is 3. The number of nitrogens with two attached hydrogens (primary N) is 1. The second-order valence-corrected chi connectivity index (χ2v) is 6.03. The number of aliphatic hydroxyl groups is 1. The van der Waals surface area contributed by atoms with E-state index >= 15 is 0 Å². The summed E-state index contributed by atoms with van der Waals surface area (Å²) in [5.41, 5.74) is 5.34. The molecule has 0 bridgehead atoms. The third-order valence-electron chi connectivity index (χ3n) is 2.99. The van der Waals surface area contributed by atoms with Gasteiger partial charge in [-0.15, -0.1) is 13.2 Å². The molecule has 0 aromatic heterocycles. The fraction of sp³-hybridized carbons (Fsp3) is 0.462. The summed E-state index contributed by atoms with van der Waals surface area (Å²) >= 11 is 1.66. The van der Waals surface area contributed by atoms with E-state index in [4.69, 9.17) is 5.73 Å². The van der Waals surface area contributed by atoms with E-state index in [1.165, 1.54) is 24.3 Å². The van der Waals surface area contributed by atoms with Crippen molar-refractivity contribution in [3.8, 4) is 5.75 Å². The molecule has 1 aromatic rings. The van der Waals surface area contributed by atoms with Gasteiger partial charge in [0.15, 0.2) is 5.96 Å². The molecule has 5 nitrogen and oxygen atoms in total. The Kier molecular flexibility index (Phi) is 5.07. The molecule has 1 aliphatic rings. The van der Waals surface area contributed by atoms with Gasteiger partial charge < -0.3 is 20.9 Å². The largest absolute Gasteiger partial charge is 0.573 e. The van der Waals surface area contributed by atoms with Crippen molar-refractivity contribution in [1.82, 2.24) is 0 Å². The zero-order valence-electron chi connectivity index (χ0n) is 11.6. The number of nitrogens with zero attached hydrogens (tertiary/aromatic N) is 1. The van der Waals surface area contributed by atoms with E-state index in [2.05, 4.69) is 15.0 Å². The molecule has 1 heterocycles. The fourth-order valence-corrected chi connectivity index (χ4v) is 3.17. The van der Waals surface area contributed by atoms with E-state index in [1.807, 2.05) is 0 Å². The van der Waals surface area contributed by atoms with Gasteiger partial charge in [0.05, 0.1) is 12.1 Å². The number of thioether (sulfide) groups is 1. The maximum absolute atomic E-state index is 12.0. The van der Waals surface area contributed by atoms with Gasteiger partial charge >= 0.3 is 6.36 Å². The Morgan fingerprint density at radius 1 is 1.41 bits per heavy atom. The molecule has 1 aromatic carbocycles. The van der Waals surface area contributed by atoms with Crippen LogP contribution in [0.5, 0.6) is 5.75 Å². The Hall–Kier alpha value is -1.61. The lowest BCUT2D eigenvalue weighted by atomic mass is 10.1. The normalized spacial score (nSPS) is 22.6. The average Bonchev–Trinajstić information content (AvgIpc) is 2.85. The fourth-order valence-electron chi connectivity index (χ4n) is 1.88. The predicted molar refractivity (Wildman–Crippen MR) is 80.1 cm³/mol. The summed E-state index contributed by atoms with van der Waals surface area (Å²) in [6, 6.07) is 5.13. The maximum Gasteiger partial charge on any atom is 0.573 e. The van der Waals surface area contributed by atoms with Crippen molar-refractivity contribution in [1.29, 1.82) is 0 Å².